The Balaban J connectivity index is 2.46. The lowest BCUT2D eigenvalue weighted by molar-refractivity contribution is 0.250. The molecule has 3 N–H and O–H groups in total. The van der Waals surface area contributed by atoms with E-state index in [1.54, 1.807) is 0 Å². The molecular formula is C3H6N4O. The average molecular weight is 114 g/mol. The Labute approximate surface area is 46.0 Å². The maximum atomic E-state index is 10.2. The van der Waals surface area contributed by atoms with Gasteiger partial charge in [-0.3, -0.25) is 0 Å². The van der Waals surface area contributed by atoms with Gasteiger partial charge in [-0.25, -0.2) is 4.79 Å². The van der Waals surface area contributed by atoms with Crippen molar-refractivity contribution in [2.24, 2.45) is 16.0 Å². The molecule has 5 nitrogen and oxygen atoms in total. The number of hydrogen-bond donors (Lipinski definition) is 2. The van der Waals surface area contributed by atoms with Crippen molar-refractivity contribution in [1.82, 2.24) is 5.32 Å². The topological polar surface area (TPSA) is 79.8 Å². The number of nitrogens with two attached hydrogens (primary N) is 1. The van der Waals surface area contributed by atoms with Crippen LogP contribution in [0.15, 0.2) is 10.2 Å². The van der Waals surface area contributed by atoms with Gasteiger partial charge in [-0.15, -0.1) is 0 Å². The van der Waals surface area contributed by atoms with Crippen molar-refractivity contribution in [3.8, 4) is 0 Å². The molecule has 5 heteroatoms. The number of azo groups is 1. The molecule has 8 heavy (non-hydrogen) atoms. The molecule has 1 aliphatic heterocycles. The lowest BCUT2D eigenvalue weighted by Gasteiger charge is -1.97. The van der Waals surface area contributed by atoms with E-state index in [2.05, 4.69) is 15.5 Å². The highest BCUT2D eigenvalue weighted by molar-refractivity contribution is 5.75. The summed E-state index contributed by atoms with van der Waals surface area (Å²) >= 11 is 0. The lowest BCUT2D eigenvalue weighted by atomic mass is 10.5. The zero-order valence-corrected chi connectivity index (χ0v) is 4.16. The third-order valence-corrected chi connectivity index (χ3v) is 0.801. The Morgan fingerprint density at radius 1 is 1.88 bits per heavy atom. The van der Waals surface area contributed by atoms with E-state index in [4.69, 9.17) is 5.73 Å². The molecule has 2 amide bonds. The van der Waals surface area contributed by atoms with Crippen molar-refractivity contribution >= 4 is 6.03 Å². The molecule has 0 aliphatic carbocycles. The van der Waals surface area contributed by atoms with Crippen LogP contribution in [0.25, 0.3) is 0 Å². The Kier molecular flexibility index (Phi) is 1.21. The van der Waals surface area contributed by atoms with Crippen molar-refractivity contribution < 1.29 is 4.79 Å². The van der Waals surface area contributed by atoms with E-state index in [9.17, 15) is 4.79 Å². The van der Waals surface area contributed by atoms with Crippen LogP contribution in [0.3, 0.4) is 0 Å². The minimum Gasteiger partial charge on any atom is -0.327 e. The van der Waals surface area contributed by atoms with Crippen molar-refractivity contribution in [1.29, 1.82) is 0 Å². The minimum atomic E-state index is -0.402. The zero-order chi connectivity index (χ0) is 5.98. The van der Waals surface area contributed by atoms with E-state index >= 15 is 0 Å². The van der Waals surface area contributed by atoms with Gasteiger partial charge in [0.1, 0.15) is 0 Å². The molecular weight excluding hydrogens is 108 g/mol. The maximum absolute atomic E-state index is 10.2. The van der Waals surface area contributed by atoms with Crippen LogP contribution in [0.5, 0.6) is 0 Å². The highest BCUT2D eigenvalue weighted by atomic mass is 16.2. The van der Waals surface area contributed by atoms with Gasteiger partial charge in [0, 0.05) is 6.54 Å². The first-order chi connectivity index (χ1) is 3.83. The van der Waals surface area contributed by atoms with E-state index < -0.39 is 6.03 Å². The van der Waals surface area contributed by atoms with Crippen LogP contribution < -0.4 is 11.1 Å². The summed E-state index contributed by atoms with van der Waals surface area (Å²) in [5.41, 5.74) is 5.13. The minimum absolute atomic E-state index is 0.289. The predicted octanol–water partition coefficient (Wildman–Crippen LogP) is -0.553. The third kappa shape index (κ3) is 0.812. The predicted molar refractivity (Wildman–Crippen MR) is 26.2 cm³/mol. The number of hydrogen-bond acceptors (Lipinski definition) is 3. The maximum Gasteiger partial charge on any atom is 0.361 e. The number of carbonyl (C=O) groups excluding carboxylic acids is 1. The Hall–Kier alpha value is -0.970. The molecule has 1 heterocycles. The molecule has 0 bridgehead atoms. The SMILES string of the molecule is NCC1N=NC(=O)N1. The molecule has 0 saturated heterocycles. The van der Waals surface area contributed by atoms with E-state index in [-0.39, 0.29) is 6.17 Å². The smallest absolute Gasteiger partial charge is 0.327 e. The molecule has 0 spiro atoms. The highest BCUT2D eigenvalue weighted by Crippen LogP contribution is 1.94. The molecule has 1 rings (SSSR count). The Bertz CT molecular complexity index is 131. The van der Waals surface area contributed by atoms with Crippen LogP contribution in [0.4, 0.5) is 4.79 Å². The first kappa shape index (κ1) is 5.17. The van der Waals surface area contributed by atoms with Gasteiger partial charge >= 0.3 is 6.03 Å². The summed E-state index contributed by atoms with van der Waals surface area (Å²) in [5, 5.41) is 9.06. The fourth-order valence-corrected chi connectivity index (χ4v) is 0.428. The summed E-state index contributed by atoms with van der Waals surface area (Å²) in [6.07, 6.45) is -0.289. The van der Waals surface area contributed by atoms with Gasteiger partial charge in [-0.2, -0.15) is 5.11 Å². The average Bonchev–Trinajstić information content (AvgIpc) is 2.14. The van der Waals surface area contributed by atoms with Crippen molar-refractivity contribution in [3.05, 3.63) is 0 Å². The summed E-state index contributed by atoms with van der Waals surface area (Å²) in [6.45, 7) is 0.315. The summed E-state index contributed by atoms with van der Waals surface area (Å²) in [4.78, 5) is 10.2. The van der Waals surface area contributed by atoms with Crippen LogP contribution >= 0.6 is 0 Å². The monoisotopic (exact) mass is 114 g/mol. The first-order valence-electron chi connectivity index (χ1n) is 2.24. The Morgan fingerprint density at radius 2 is 2.62 bits per heavy atom. The number of carbonyl (C=O) groups is 1. The van der Waals surface area contributed by atoms with E-state index in [0.29, 0.717) is 6.54 Å². The van der Waals surface area contributed by atoms with Gasteiger partial charge < -0.3 is 11.1 Å². The summed E-state index contributed by atoms with van der Waals surface area (Å²) < 4.78 is 0. The van der Waals surface area contributed by atoms with Gasteiger partial charge in [-0.1, -0.05) is 5.11 Å². The number of urea groups is 1. The highest BCUT2D eigenvalue weighted by Gasteiger charge is 2.13. The quantitative estimate of drug-likeness (QED) is 0.479. The molecule has 1 aliphatic rings. The number of nitrogens with one attached hydrogen (secondary N) is 1. The Morgan fingerprint density at radius 3 is 2.88 bits per heavy atom. The molecule has 0 fully saturated rings. The standard InChI is InChI=1S/C3H6N4O/c4-1-2-5-3(8)7-6-2/h2H,1,4H2,(H,5,8). The molecule has 1 unspecified atom stereocenters. The third-order valence-electron chi connectivity index (χ3n) is 0.801. The van der Waals surface area contributed by atoms with Gasteiger partial charge in [-0.05, 0) is 0 Å². The summed E-state index contributed by atoms with van der Waals surface area (Å²) in [5.74, 6) is 0. The van der Waals surface area contributed by atoms with Crippen LogP contribution in [0, 0.1) is 0 Å². The zero-order valence-electron chi connectivity index (χ0n) is 4.16. The van der Waals surface area contributed by atoms with Crippen LogP contribution in [0.1, 0.15) is 0 Å². The van der Waals surface area contributed by atoms with Crippen molar-refractivity contribution in [3.63, 3.8) is 0 Å². The van der Waals surface area contributed by atoms with Gasteiger partial charge in [0.2, 0.25) is 0 Å². The van der Waals surface area contributed by atoms with Crippen molar-refractivity contribution in [2.45, 2.75) is 6.17 Å². The van der Waals surface area contributed by atoms with Gasteiger partial charge in [0.05, 0.1) is 0 Å². The van der Waals surface area contributed by atoms with Gasteiger partial charge in [0.25, 0.3) is 0 Å². The second-order valence-electron chi connectivity index (χ2n) is 1.42. The van der Waals surface area contributed by atoms with E-state index in [1.165, 1.54) is 0 Å². The van der Waals surface area contributed by atoms with E-state index in [1.807, 2.05) is 0 Å². The number of rotatable bonds is 1. The first-order valence-corrected chi connectivity index (χ1v) is 2.24. The lowest BCUT2D eigenvalue weighted by Crippen LogP contribution is -2.32. The molecule has 1 atom stereocenters. The molecule has 44 valence electrons. The van der Waals surface area contributed by atoms with Crippen LogP contribution in [-0.4, -0.2) is 18.7 Å². The van der Waals surface area contributed by atoms with Gasteiger partial charge in [0.15, 0.2) is 6.17 Å². The van der Waals surface area contributed by atoms with Crippen LogP contribution in [0.2, 0.25) is 0 Å². The van der Waals surface area contributed by atoms with Crippen LogP contribution in [-0.2, 0) is 0 Å². The number of amides is 2. The van der Waals surface area contributed by atoms with Crippen molar-refractivity contribution in [2.75, 3.05) is 6.54 Å². The molecule has 0 aromatic rings. The molecule has 0 aromatic heterocycles. The second-order valence-corrected chi connectivity index (χ2v) is 1.42. The fourth-order valence-electron chi connectivity index (χ4n) is 0.428. The molecule has 0 saturated carbocycles. The number of nitrogens with zero attached hydrogens (tertiary/aromatic N) is 2. The summed E-state index contributed by atoms with van der Waals surface area (Å²) in [7, 11) is 0. The molecule has 0 aromatic carbocycles. The largest absolute Gasteiger partial charge is 0.361 e. The summed E-state index contributed by atoms with van der Waals surface area (Å²) in [6, 6.07) is -0.402. The fraction of sp³-hybridized carbons (Fsp3) is 0.667. The normalized spacial score (nSPS) is 26.1. The second kappa shape index (κ2) is 1.87. The molecule has 0 radical (unpaired) electrons. The van der Waals surface area contributed by atoms with E-state index in [0.717, 1.165) is 0 Å².